The van der Waals surface area contributed by atoms with Gasteiger partial charge >= 0.3 is 0 Å². The summed E-state index contributed by atoms with van der Waals surface area (Å²) in [6.45, 7) is 4.97. The van der Waals surface area contributed by atoms with E-state index in [-0.39, 0.29) is 10.8 Å². The lowest BCUT2D eigenvalue weighted by Gasteiger charge is -2.19. The molecule has 1 amide bonds. The third-order valence-electron chi connectivity index (χ3n) is 3.52. The molecule has 128 valence electrons. The van der Waals surface area contributed by atoms with Gasteiger partial charge in [0, 0.05) is 29.4 Å². The Morgan fingerprint density at radius 2 is 1.75 bits per heavy atom. The van der Waals surface area contributed by atoms with Crippen LogP contribution in [0.15, 0.2) is 53.4 Å². The van der Waals surface area contributed by atoms with E-state index in [9.17, 15) is 13.2 Å². The Balaban J connectivity index is 2.28. The standard InChI is InChI=1S/C17H19ClN2O3S/c1-3-20(4-2)17(21)13-7-5-9-15(11-13)19-24(22,23)16-10-6-8-14(18)12-16/h5-12,19H,3-4H2,1-2H3. The Hall–Kier alpha value is -2.05. The van der Waals surface area contributed by atoms with E-state index >= 15 is 0 Å². The summed E-state index contributed by atoms with van der Waals surface area (Å²) in [4.78, 5) is 14.1. The van der Waals surface area contributed by atoms with E-state index in [1.807, 2.05) is 13.8 Å². The van der Waals surface area contributed by atoms with Crippen molar-refractivity contribution < 1.29 is 13.2 Å². The summed E-state index contributed by atoms with van der Waals surface area (Å²) in [5, 5.41) is 0.336. The molecule has 5 nitrogen and oxygen atoms in total. The van der Waals surface area contributed by atoms with Crippen molar-refractivity contribution >= 4 is 33.2 Å². The van der Waals surface area contributed by atoms with Crippen molar-refractivity contribution in [1.29, 1.82) is 0 Å². The van der Waals surface area contributed by atoms with Crippen LogP contribution in [0.1, 0.15) is 24.2 Å². The van der Waals surface area contributed by atoms with Gasteiger partial charge in [-0.1, -0.05) is 23.7 Å². The lowest BCUT2D eigenvalue weighted by Crippen LogP contribution is -2.30. The van der Waals surface area contributed by atoms with Crippen molar-refractivity contribution in [2.75, 3.05) is 17.8 Å². The van der Waals surface area contributed by atoms with Crippen LogP contribution in [0.5, 0.6) is 0 Å². The number of carbonyl (C=O) groups excluding carboxylic acids is 1. The maximum atomic E-state index is 12.4. The van der Waals surface area contributed by atoms with E-state index in [0.29, 0.717) is 29.4 Å². The number of amides is 1. The third kappa shape index (κ3) is 4.27. The highest BCUT2D eigenvalue weighted by molar-refractivity contribution is 7.92. The third-order valence-corrected chi connectivity index (χ3v) is 5.13. The highest BCUT2D eigenvalue weighted by Crippen LogP contribution is 2.20. The molecule has 0 bridgehead atoms. The molecule has 0 radical (unpaired) electrons. The first-order valence-electron chi connectivity index (χ1n) is 7.55. The first-order chi connectivity index (χ1) is 11.4. The SMILES string of the molecule is CCN(CC)C(=O)c1cccc(NS(=O)(=O)c2cccc(Cl)c2)c1. The van der Waals surface area contributed by atoms with Crippen molar-refractivity contribution in [3.05, 3.63) is 59.1 Å². The van der Waals surface area contributed by atoms with Gasteiger partial charge in [0.15, 0.2) is 0 Å². The van der Waals surface area contributed by atoms with Crippen molar-refractivity contribution in [3.8, 4) is 0 Å². The van der Waals surface area contributed by atoms with Gasteiger partial charge in [-0.05, 0) is 50.2 Å². The number of nitrogens with zero attached hydrogens (tertiary/aromatic N) is 1. The van der Waals surface area contributed by atoms with Gasteiger partial charge in [0.25, 0.3) is 15.9 Å². The minimum absolute atomic E-state index is 0.0653. The Labute approximate surface area is 147 Å². The number of hydrogen-bond donors (Lipinski definition) is 1. The monoisotopic (exact) mass is 366 g/mol. The molecule has 2 rings (SSSR count). The zero-order valence-electron chi connectivity index (χ0n) is 13.5. The average Bonchev–Trinajstić information content (AvgIpc) is 2.55. The van der Waals surface area contributed by atoms with Crippen molar-refractivity contribution in [2.24, 2.45) is 0 Å². The minimum atomic E-state index is -3.77. The van der Waals surface area contributed by atoms with E-state index < -0.39 is 10.0 Å². The summed E-state index contributed by atoms with van der Waals surface area (Å²) >= 11 is 5.85. The topological polar surface area (TPSA) is 66.5 Å². The van der Waals surface area contributed by atoms with Crippen LogP contribution in [-0.2, 0) is 10.0 Å². The fraction of sp³-hybridized carbons (Fsp3) is 0.235. The summed E-state index contributed by atoms with van der Waals surface area (Å²) < 4.78 is 27.3. The van der Waals surface area contributed by atoms with Crippen LogP contribution in [0.4, 0.5) is 5.69 Å². The largest absolute Gasteiger partial charge is 0.339 e. The van der Waals surface area contributed by atoms with E-state index in [1.165, 1.54) is 18.2 Å². The second kappa shape index (κ2) is 7.68. The predicted octanol–water partition coefficient (Wildman–Crippen LogP) is 3.62. The molecule has 0 aromatic heterocycles. The van der Waals surface area contributed by atoms with E-state index in [1.54, 1.807) is 35.2 Å². The zero-order valence-corrected chi connectivity index (χ0v) is 15.1. The molecule has 0 spiro atoms. The number of hydrogen-bond acceptors (Lipinski definition) is 3. The Morgan fingerprint density at radius 3 is 2.38 bits per heavy atom. The van der Waals surface area contributed by atoms with Crippen LogP contribution < -0.4 is 4.72 Å². The number of anilines is 1. The number of nitrogens with one attached hydrogen (secondary N) is 1. The number of carbonyl (C=O) groups is 1. The lowest BCUT2D eigenvalue weighted by atomic mass is 10.2. The van der Waals surface area contributed by atoms with E-state index in [0.717, 1.165) is 0 Å². The van der Waals surface area contributed by atoms with Gasteiger partial charge in [0.2, 0.25) is 0 Å². The molecule has 0 fully saturated rings. The zero-order chi connectivity index (χ0) is 17.7. The molecule has 1 N–H and O–H groups in total. The average molecular weight is 367 g/mol. The number of benzene rings is 2. The number of halogens is 1. The van der Waals surface area contributed by atoms with Gasteiger partial charge < -0.3 is 4.90 Å². The Morgan fingerprint density at radius 1 is 1.08 bits per heavy atom. The molecule has 0 aliphatic carbocycles. The Kier molecular flexibility index (Phi) is 5.85. The van der Waals surface area contributed by atoms with Crippen LogP contribution in [0.2, 0.25) is 5.02 Å². The molecule has 0 heterocycles. The summed E-state index contributed by atoms with van der Waals surface area (Å²) in [6.07, 6.45) is 0. The van der Waals surface area contributed by atoms with Crippen LogP contribution in [0.25, 0.3) is 0 Å². The van der Waals surface area contributed by atoms with Crippen LogP contribution in [-0.4, -0.2) is 32.3 Å². The van der Waals surface area contributed by atoms with Gasteiger partial charge in [-0.3, -0.25) is 9.52 Å². The van der Waals surface area contributed by atoms with Crippen molar-refractivity contribution in [1.82, 2.24) is 4.90 Å². The molecule has 7 heteroatoms. The molecular weight excluding hydrogens is 348 g/mol. The quantitative estimate of drug-likeness (QED) is 0.849. The van der Waals surface area contributed by atoms with Gasteiger partial charge in [0.05, 0.1) is 4.90 Å². The lowest BCUT2D eigenvalue weighted by molar-refractivity contribution is 0.0773. The first-order valence-corrected chi connectivity index (χ1v) is 9.41. The van der Waals surface area contributed by atoms with Crippen LogP contribution in [0, 0.1) is 0 Å². The number of rotatable bonds is 6. The molecule has 0 aliphatic rings. The molecule has 2 aromatic rings. The summed E-state index contributed by atoms with van der Waals surface area (Å²) in [5.74, 6) is -0.135. The molecule has 0 saturated heterocycles. The van der Waals surface area contributed by atoms with Crippen LogP contribution >= 0.6 is 11.6 Å². The normalized spacial score (nSPS) is 11.1. The van der Waals surface area contributed by atoms with Crippen LogP contribution in [0.3, 0.4) is 0 Å². The van der Waals surface area contributed by atoms with Gasteiger partial charge in [-0.15, -0.1) is 0 Å². The molecule has 0 saturated carbocycles. The maximum Gasteiger partial charge on any atom is 0.261 e. The summed E-state index contributed by atoms with van der Waals surface area (Å²) in [5.41, 5.74) is 0.762. The first kappa shape index (κ1) is 18.3. The second-order valence-corrected chi connectivity index (χ2v) is 7.24. The molecule has 0 aliphatic heterocycles. The van der Waals surface area contributed by atoms with Gasteiger partial charge in [0.1, 0.15) is 0 Å². The second-order valence-electron chi connectivity index (χ2n) is 5.12. The smallest absolute Gasteiger partial charge is 0.261 e. The molecular formula is C17H19ClN2O3S. The van der Waals surface area contributed by atoms with E-state index in [4.69, 9.17) is 11.6 Å². The fourth-order valence-corrected chi connectivity index (χ4v) is 3.61. The Bertz CT molecular complexity index is 833. The highest BCUT2D eigenvalue weighted by atomic mass is 35.5. The fourth-order valence-electron chi connectivity index (χ4n) is 2.26. The molecule has 2 aromatic carbocycles. The summed E-state index contributed by atoms with van der Waals surface area (Å²) in [6, 6.07) is 12.4. The van der Waals surface area contributed by atoms with Gasteiger partial charge in [-0.2, -0.15) is 0 Å². The minimum Gasteiger partial charge on any atom is -0.339 e. The van der Waals surface area contributed by atoms with Gasteiger partial charge in [-0.25, -0.2) is 8.42 Å². The number of sulfonamides is 1. The molecule has 0 atom stereocenters. The molecule has 24 heavy (non-hydrogen) atoms. The predicted molar refractivity (Wildman–Crippen MR) is 96.0 cm³/mol. The highest BCUT2D eigenvalue weighted by Gasteiger charge is 2.17. The van der Waals surface area contributed by atoms with Crippen molar-refractivity contribution in [2.45, 2.75) is 18.7 Å². The molecule has 0 unspecified atom stereocenters. The van der Waals surface area contributed by atoms with E-state index in [2.05, 4.69) is 4.72 Å². The maximum absolute atomic E-state index is 12.4. The van der Waals surface area contributed by atoms with Crippen molar-refractivity contribution in [3.63, 3.8) is 0 Å². The summed E-state index contributed by atoms with van der Waals surface area (Å²) in [7, 11) is -3.77.